The van der Waals surface area contributed by atoms with E-state index in [2.05, 4.69) is 0 Å². The summed E-state index contributed by atoms with van der Waals surface area (Å²) in [6.07, 6.45) is 5.13. The van der Waals surface area contributed by atoms with Crippen LogP contribution in [-0.4, -0.2) is 24.2 Å². The third-order valence-electron chi connectivity index (χ3n) is 4.75. The van der Waals surface area contributed by atoms with Crippen molar-refractivity contribution in [1.29, 1.82) is 0 Å². The molecule has 1 aliphatic carbocycles. The SMILES string of the molecule is CCC(C)(C)C(=O)C(C)(C)S(=O)(=O)C1CCCCC1. The van der Waals surface area contributed by atoms with E-state index in [1.807, 2.05) is 20.8 Å². The van der Waals surface area contributed by atoms with Crippen LogP contribution in [0.15, 0.2) is 0 Å². The van der Waals surface area contributed by atoms with Crippen molar-refractivity contribution in [3.8, 4) is 0 Å². The highest BCUT2D eigenvalue weighted by Crippen LogP contribution is 2.37. The summed E-state index contributed by atoms with van der Waals surface area (Å²) in [5.41, 5.74) is -0.578. The van der Waals surface area contributed by atoms with Gasteiger partial charge in [0.1, 0.15) is 4.75 Å². The molecule has 0 spiro atoms. The topological polar surface area (TPSA) is 51.2 Å². The van der Waals surface area contributed by atoms with Crippen molar-refractivity contribution in [2.75, 3.05) is 0 Å². The van der Waals surface area contributed by atoms with Crippen molar-refractivity contribution in [3.63, 3.8) is 0 Å². The van der Waals surface area contributed by atoms with E-state index in [1.165, 1.54) is 0 Å². The van der Waals surface area contributed by atoms with Crippen LogP contribution in [0.4, 0.5) is 0 Å². The zero-order valence-corrected chi connectivity index (χ0v) is 13.8. The normalized spacial score (nSPS) is 19.4. The van der Waals surface area contributed by atoms with Gasteiger partial charge in [0.2, 0.25) is 0 Å². The number of carbonyl (C=O) groups excluding carboxylic acids is 1. The van der Waals surface area contributed by atoms with Crippen LogP contribution in [0, 0.1) is 5.41 Å². The molecule has 0 saturated heterocycles. The molecule has 1 aliphatic rings. The van der Waals surface area contributed by atoms with Crippen LogP contribution in [0.1, 0.15) is 73.1 Å². The monoisotopic (exact) mass is 288 g/mol. The van der Waals surface area contributed by atoms with Crippen LogP contribution < -0.4 is 0 Å². The van der Waals surface area contributed by atoms with Gasteiger partial charge in [-0.2, -0.15) is 0 Å². The molecule has 0 radical (unpaired) electrons. The average Bonchev–Trinajstić information content (AvgIpc) is 2.38. The van der Waals surface area contributed by atoms with E-state index in [4.69, 9.17) is 0 Å². The van der Waals surface area contributed by atoms with Crippen LogP contribution in [0.25, 0.3) is 0 Å². The van der Waals surface area contributed by atoms with E-state index < -0.39 is 20.0 Å². The summed E-state index contributed by atoms with van der Waals surface area (Å²) < 4.78 is 24.3. The van der Waals surface area contributed by atoms with Gasteiger partial charge >= 0.3 is 0 Å². The summed E-state index contributed by atoms with van der Waals surface area (Å²) in [4.78, 5) is 12.6. The zero-order valence-electron chi connectivity index (χ0n) is 13.0. The zero-order chi connectivity index (χ0) is 14.9. The largest absolute Gasteiger partial charge is 0.297 e. The summed E-state index contributed by atoms with van der Waals surface area (Å²) in [6.45, 7) is 8.80. The Hall–Kier alpha value is -0.380. The van der Waals surface area contributed by atoms with Gasteiger partial charge in [-0.15, -0.1) is 0 Å². The van der Waals surface area contributed by atoms with E-state index in [0.717, 1.165) is 19.3 Å². The molecule has 0 bridgehead atoms. The first-order valence-corrected chi connectivity index (χ1v) is 8.90. The predicted octanol–water partition coefficient (Wildman–Crippen LogP) is 3.52. The molecule has 4 heteroatoms. The van der Waals surface area contributed by atoms with Gasteiger partial charge in [0.25, 0.3) is 0 Å². The van der Waals surface area contributed by atoms with Crippen molar-refractivity contribution in [2.24, 2.45) is 5.41 Å². The maximum atomic E-state index is 12.8. The number of Topliss-reactive ketones (excluding diaryl/α,β-unsaturated/α-hetero) is 1. The van der Waals surface area contributed by atoms with Gasteiger partial charge < -0.3 is 0 Å². The Labute approximate surface area is 118 Å². The van der Waals surface area contributed by atoms with Gasteiger partial charge in [-0.3, -0.25) is 4.79 Å². The molecule has 0 heterocycles. The first-order valence-electron chi connectivity index (χ1n) is 7.35. The second-order valence-electron chi connectivity index (χ2n) is 6.88. The molecule has 0 amide bonds. The molecule has 0 aromatic carbocycles. The lowest BCUT2D eigenvalue weighted by atomic mass is 9.80. The molecule has 0 N–H and O–H groups in total. The van der Waals surface area contributed by atoms with Crippen molar-refractivity contribution in [1.82, 2.24) is 0 Å². The summed E-state index contributed by atoms with van der Waals surface area (Å²) in [5, 5.41) is -0.326. The maximum absolute atomic E-state index is 12.8. The van der Waals surface area contributed by atoms with Crippen molar-refractivity contribution < 1.29 is 13.2 Å². The van der Waals surface area contributed by atoms with Crippen LogP contribution in [0.3, 0.4) is 0 Å². The van der Waals surface area contributed by atoms with Gasteiger partial charge in [0.05, 0.1) is 5.25 Å². The maximum Gasteiger partial charge on any atom is 0.165 e. The van der Waals surface area contributed by atoms with E-state index in [-0.39, 0.29) is 11.0 Å². The number of rotatable bonds is 5. The predicted molar refractivity (Wildman–Crippen MR) is 79.0 cm³/mol. The molecule has 112 valence electrons. The minimum Gasteiger partial charge on any atom is -0.297 e. The Kier molecular flexibility index (Phi) is 4.87. The van der Waals surface area contributed by atoms with Gasteiger partial charge in [0.15, 0.2) is 15.6 Å². The number of sulfone groups is 1. The highest BCUT2D eigenvalue weighted by Gasteiger charge is 2.50. The molecule has 1 rings (SSSR count). The fourth-order valence-corrected chi connectivity index (χ4v) is 5.22. The number of carbonyl (C=O) groups is 1. The summed E-state index contributed by atoms with van der Waals surface area (Å²) in [6, 6.07) is 0. The molecule has 0 aliphatic heterocycles. The van der Waals surface area contributed by atoms with Gasteiger partial charge in [0, 0.05) is 5.41 Å². The minimum atomic E-state index is -3.40. The van der Waals surface area contributed by atoms with Crippen LogP contribution in [0.2, 0.25) is 0 Å². The highest BCUT2D eigenvalue weighted by molar-refractivity contribution is 7.94. The first-order chi connectivity index (χ1) is 8.57. The molecule has 1 saturated carbocycles. The minimum absolute atomic E-state index is 0.145. The van der Waals surface area contributed by atoms with E-state index >= 15 is 0 Å². The molecule has 1 fully saturated rings. The summed E-state index contributed by atoms with van der Waals surface area (Å²) in [5.74, 6) is -0.145. The smallest absolute Gasteiger partial charge is 0.165 e. The van der Waals surface area contributed by atoms with Gasteiger partial charge in [-0.05, 0) is 33.1 Å². The Bertz CT molecular complexity index is 426. The van der Waals surface area contributed by atoms with Crippen molar-refractivity contribution >= 4 is 15.6 Å². The molecular weight excluding hydrogens is 260 g/mol. The third-order valence-corrected chi connectivity index (χ3v) is 7.70. The average molecular weight is 288 g/mol. The van der Waals surface area contributed by atoms with Gasteiger partial charge in [-0.1, -0.05) is 40.0 Å². The van der Waals surface area contributed by atoms with E-state index in [0.29, 0.717) is 19.3 Å². The Morgan fingerprint density at radius 2 is 1.53 bits per heavy atom. The van der Waals surface area contributed by atoms with Crippen molar-refractivity contribution in [2.45, 2.75) is 83.1 Å². The molecule has 0 unspecified atom stereocenters. The number of hydrogen-bond donors (Lipinski definition) is 0. The Morgan fingerprint density at radius 3 is 1.95 bits per heavy atom. The van der Waals surface area contributed by atoms with Crippen LogP contribution in [-0.2, 0) is 14.6 Å². The fourth-order valence-electron chi connectivity index (χ4n) is 2.90. The molecular formula is C15H28O3S. The fraction of sp³-hybridized carbons (Fsp3) is 0.933. The van der Waals surface area contributed by atoms with Crippen LogP contribution >= 0.6 is 0 Å². The third kappa shape index (κ3) is 3.04. The lowest BCUT2D eigenvalue weighted by molar-refractivity contribution is -0.129. The second-order valence-corrected chi connectivity index (χ2v) is 9.66. The standard InChI is InChI=1S/C15H28O3S/c1-6-14(2,3)13(16)15(4,5)19(17,18)12-10-8-7-9-11-12/h12H,6-11H2,1-5H3. The lowest BCUT2D eigenvalue weighted by Crippen LogP contribution is -2.51. The summed E-state index contributed by atoms with van der Waals surface area (Å²) >= 11 is 0. The van der Waals surface area contributed by atoms with Gasteiger partial charge in [-0.25, -0.2) is 8.42 Å². The molecule has 19 heavy (non-hydrogen) atoms. The molecule has 0 aromatic heterocycles. The molecule has 0 aromatic rings. The molecule has 3 nitrogen and oxygen atoms in total. The Balaban J connectivity index is 3.07. The second kappa shape index (κ2) is 5.55. The van der Waals surface area contributed by atoms with Crippen molar-refractivity contribution in [3.05, 3.63) is 0 Å². The Morgan fingerprint density at radius 1 is 1.05 bits per heavy atom. The first kappa shape index (κ1) is 16.7. The summed E-state index contributed by atoms with van der Waals surface area (Å²) in [7, 11) is -3.40. The lowest BCUT2D eigenvalue weighted by Gasteiger charge is -2.36. The number of ketones is 1. The van der Waals surface area contributed by atoms with E-state index in [9.17, 15) is 13.2 Å². The highest BCUT2D eigenvalue weighted by atomic mass is 32.2. The van der Waals surface area contributed by atoms with E-state index in [1.54, 1.807) is 13.8 Å². The molecule has 0 atom stereocenters. The number of hydrogen-bond acceptors (Lipinski definition) is 3. The van der Waals surface area contributed by atoms with Crippen LogP contribution in [0.5, 0.6) is 0 Å². The quantitative estimate of drug-likeness (QED) is 0.777.